The minimum Gasteiger partial charge on any atom is -0.392 e. The molecule has 0 fully saturated rings. The van der Waals surface area contributed by atoms with E-state index < -0.39 is 0 Å². The van der Waals surface area contributed by atoms with Crippen LogP contribution in [0.5, 0.6) is 0 Å². The lowest BCUT2D eigenvalue weighted by molar-refractivity contribution is -0.115. The minimum atomic E-state index is -0.204. The average molecular weight is 189 g/mol. The van der Waals surface area contributed by atoms with E-state index in [-0.39, 0.29) is 18.9 Å². The lowest BCUT2D eigenvalue weighted by atomic mass is 10.2. The predicted molar refractivity (Wildman–Crippen MR) is 54.4 cm³/mol. The molecule has 0 unspecified atom stereocenters. The smallest absolute Gasteiger partial charge is 0.236 e. The van der Waals surface area contributed by atoms with Crippen molar-refractivity contribution in [3.8, 4) is 12.3 Å². The summed E-state index contributed by atoms with van der Waals surface area (Å²) in [4.78, 5) is 11.1. The van der Waals surface area contributed by atoms with E-state index in [1.165, 1.54) is 0 Å². The SMILES string of the molecule is C#CCC(=O)Nc1ccc(CO)cc1. The third kappa shape index (κ3) is 2.92. The van der Waals surface area contributed by atoms with Crippen molar-refractivity contribution < 1.29 is 9.90 Å². The molecule has 0 aliphatic heterocycles. The summed E-state index contributed by atoms with van der Waals surface area (Å²) < 4.78 is 0. The largest absolute Gasteiger partial charge is 0.392 e. The van der Waals surface area contributed by atoms with Gasteiger partial charge < -0.3 is 10.4 Å². The van der Waals surface area contributed by atoms with Crippen LogP contribution >= 0.6 is 0 Å². The van der Waals surface area contributed by atoms with Gasteiger partial charge in [-0.25, -0.2) is 0 Å². The third-order valence-electron chi connectivity index (χ3n) is 1.68. The number of aliphatic hydroxyl groups excluding tert-OH is 1. The van der Waals surface area contributed by atoms with Gasteiger partial charge in [0.2, 0.25) is 5.91 Å². The summed E-state index contributed by atoms with van der Waals surface area (Å²) in [5.74, 6) is 2.05. The third-order valence-corrected chi connectivity index (χ3v) is 1.68. The number of terminal acetylenes is 1. The number of carbonyl (C=O) groups is 1. The van der Waals surface area contributed by atoms with Crippen molar-refractivity contribution in [2.75, 3.05) is 5.32 Å². The van der Waals surface area contributed by atoms with Gasteiger partial charge in [0, 0.05) is 5.69 Å². The number of hydrogen-bond acceptors (Lipinski definition) is 2. The highest BCUT2D eigenvalue weighted by Gasteiger charge is 1.99. The fourth-order valence-electron chi connectivity index (χ4n) is 0.991. The summed E-state index contributed by atoms with van der Waals surface area (Å²) in [6.45, 7) is -0.00141. The van der Waals surface area contributed by atoms with Gasteiger partial charge in [0.15, 0.2) is 0 Å². The number of hydrogen-bond donors (Lipinski definition) is 2. The molecule has 0 radical (unpaired) electrons. The lowest BCUT2D eigenvalue weighted by Crippen LogP contribution is -2.09. The Labute approximate surface area is 82.8 Å². The standard InChI is InChI=1S/C11H11NO2/c1-2-3-11(14)12-10-6-4-9(8-13)5-7-10/h1,4-7,13H,3,8H2,(H,12,14). The van der Waals surface area contributed by atoms with Crippen LogP contribution in [-0.2, 0) is 11.4 Å². The fourth-order valence-corrected chi connectivity index (χ4v) is 0.991. The van der Waals surface area contributed by atoms with Crippen molar-refractivity contribution in [3.05, 3.63) is 29.8 Å². The van der Waals surface area contributed by atoms with Gasteiger partial charge in [-0.1, -0.05) is 18.1 Å². The van der Waals surface area contributed by atoms with Gasteiger partial charge >= 0.3 is 0 Å². The second-order valence-corrected chi connectivity index (χ2v) is 2.78. The van der Waals surface area contributed by atoms with Crippen molar-refractivity contribution in [1.29, 1.82) is 0 Å². The van der Waals surface area contributed by atoms with Crippen molar-refractivity contribution >= 4 is 11.6 Å². The Morgan fingerprint density at radius 1 is 1.43 bits per heavy atom. The Morgan fingerprint density at radius 2 is 2.07 bits per heavy atom. The van der Waals surface area contributed by atoms with Gasteiger partial charge in [0.1, 0.15) is 0 Å². The topological polar surface area (TPSA) is 49.3 Å². The first-order valence-corrected chi connectivity index (χ1v) is 4.19. The first-order valence-electron chi connectivity index (χ1n) is 4.19. The average Bonchev–Trinajstić information content (AvgIpc) is 2.19. The van der Waals surface area contributed by atoms with Crippen LogP contribution in [0.2, 0.25) is 0 Å². The highest BCUT2D eigenvalue weighted by molar-refractivity contribution is 5.92. The van der Waals surface area contributed by atoms with Crippen LogP contribution in [0.4, 0.5) is 5.69 Å². The van der Waals surface area contributed by atoms with Gasteiger partial charge in [-0.2, -0.15) is 0 Å². The van der Waals surface area contributed by atoms with Gasteiger partial charge in [0.05, 0.1) is 13.0 Å². The fraction of sp³-hybridized carbons (Fsp3) is 0.182. The number of nitrogens with one attached hydrogen (secondary N) is 1. The number of carbonyl (C=O) groups excluding carboxylic acids is 1. The Morgan fingerprint density at radius 3 is 2.57 bits per heavy atom. The molecule has 3 nitrogen and oxygen atoms in total. The van der Waals surface area contributed by atoms with E-state index in [0.717, 1.165) is 5.56 Å². The maximum absolute atomic E-state index is 11.1. The molecule has 1 rings (SSSR count). The van der Waals surface area contributed by atoms with Crippen molar-refractivity contribution in [3.63, 3.8) is 0 Å². The molecule has 0 heterocycles. The van der Waals surface area contributed by atoms with Gasteiger partial charge in [0.25, 0.3) is 0 Å². The Bertz CT molecular complexity index is 349. The van der Waals surface area contributed by atoms with Crippen LogP contribution in [0.1, 0.15) is 12.0 Å². The molecule has 0 spiro atoms. The van der Waals surface area contributed by atoms with E-state index in [2.05, 4.69) is 11.2 Å². The molecular formula is C11H11NO2. The molecule has 72 valence electrons. The summed E-state index contributed by atoms with van der Waals surface area (Å²) in [7, 11) is 0. The number of benzene rings is 1. The normalized spacial score (nSPS) is 9.14. The minimum absolute atomic E-state index is 0.00141. The van der Waals surface area contributed by atoms with E-state index in [4.69, 9.17) is 11.5 Å². The van der Waals surface area contributed by atoms with Crippen LogP contribution in [0.25, 0.3) is 0 Å². The summed E-state index contributed by atoms with van der Waals surface area (Å²) in [5.41, 5.74) is 1.49. The van der Waals surface area contributed by atoms with Gasteiger partial charge in [-0.15, -0.1) is 6.42 Å². The number of aliphatic hydroxyl groups is 1. The van der Waals surface area contributed by atoms with Crippen molar-refractivity contribution in [2.45, 2.75) is 13.0 Å². The maximum atomic E-state index is 11.1. The molecule has 0 aromatic heterocycles. The molecule has 0 bridgehead atoms. The summed E-state index contributed by atoms with van der Waals surface area (Å²) >= 11 is 0. The molecule has 1 aromatic carbocycles. The highest BCUT2D eigenvalue weighted by Crippen LogP contribution is 2.09. The molecule has 2 N–H and O–H groups in total. The molecule has 1 amide bonds. The van der Waals surface area contributed by atoms with Crippen LogP contribution in [0, 0.1) is 12.3 Å². The van der Waals surface area contributed by atoms with Gasteiger partial charge in [-0.05, 0) is 17.7 Å². The number of anilines is 1. The van der Waals surface area contributed by atoms with Crippen LogP contribution in [-0.4, -0.2) is 11.0 Å². The van der Waals surface area contributed by atoms with E-state index in [1.54, 1.807) is 24.3 Å². The Balaban J connectivity index is 2.60. The summed E-state index contributed by atoms with van der Waals surface area (Å²) in [6.07, 6.45) is 5.06. The van der Waals surface area contributed by atoms with E-state index >= 15 is 0 Å². The molecule has 1 aromatic rings. The van der Waals surface area contributed by atoms with Crippen molar-refractivity contribution in [1.82, 2.24) is 0 Å². The van der Waals surface area contributed by atoms with E-state index in [9.17, 15) is 4.79 Å². The quantitative estimate of drug-likeness (QED) is 0.700. The molecule has 0 saturated heterocycles. The second-order valence-electron chi connectivity index (χ2n) is 2.78. The molecular weight excluding hydrogens is 178 g/mol. The van der Waals surface area contributed by atoms with Crippen LogP contribution in [0.3, 0.4) is 0 Å². The zero-order chi connectivity index (χ0) is 10.4. The van der Waals surface area contributed by atoms with Crippen LogP contribution < -0.4 is 5.32 Å². The molecule has 3 heteroatoms. The summed E-state index contributed by atoms with van der Waals surface area (Å²) in [5, 5.41) is 11.4. The molecule has 0 aliphatic rings. The molecule has 0 saturated carbocycles. The zero-order valence-electron chi connectivity index (χ0n) is 7.66. The van der Waals surface area contributed by atoms with Crippen molar-refractivity contribution in [2.24, 2.45) is 0 Å². The molecule has 0 atom stereocenters. The first kappa shape index (κ1) is 10.3. The second kappa shape index (κ2) is 5.05. The van der Waals surface area contributed by atoms with E-state index in [0.29, 0.717) is 5.69 Å². The van der Waals surface area contributed by atoms with Gasteiger partial charge in [-0.3, -0.25) is 4.79 Å². The zero-order valence-corrected chi connectivity index (χ0v) is 7.66. The lowest BCUT2D eigenvalue weighted by Gasteiger charge is -2.03. The molecule has 0 aliphatic carbocycles. The molecule has 14 heavy (non-hydrogen) atoms. The first-order chi connectivity index (χ1) is 6.76. The monoisotopic (exact) mass is 189 g/mol. The van der Waals surface area contributed by atoms with E-state index in [1.807, 2.05) is 0 Å². The Hall–Kier alpha value is -1.79. The predicted octanol–water partition coefficient (Wildman–Crippen LogP) is 1.14. The maximum Gasteiger partial charge on any atom is 0.236 e. The number of rotatable bonds is 3. The Kier molecular flexibility index (Phi) is 3.71. The van der Waals surface area contributed by atoms with Crippen LogP contribution in [0.15, 0.2) is 24.3 Å². The summed E-state index contributed by atoms with van der Waals surface area (Å²) in [6, 6.07) is 6.93. The highest BCUT2D eigenvalue weighted by atomic mass is 16.3. The number of amides is 1.